The van der Waals surface area contributed by atoms with E-state index in [0.717, 1.165) is 25.7 Å². The van der Waals surface area contributed by atoms with Crippen molar-refractivity contribution in [1.82, 2.24) is 0 Å². The fourth-order valence-electron chi connectivity index (χ4n) is 0.577. The molecule has 0 bridgehead atoms. The van der Waals surface area contributed by atoms with Crippen molar-refractivity contribution in [1.29, 1.82) is 0 Å². The van der Waals surface area contributed by atoms with Gasteiger partial charge in [0.25, 0.3) is 0 Å². The summed E-state index contributed by atoms with van der Waals surface area (Å²) in [5.41, 5.74) is 0. The first-order chi connectivity index (χ1) is 4.91. The van der Waals surface area contributed by atoms with Gasteiger partial charge in [-0.1, -0.05) is 12.8 Å². The maximum Gasteiger partial charge on any atom is 0.0431 e. The SMILES string of the molecule is OCCCCCCO.OO. The molecule has 4 heteroatoms. The number of aliphatic hydroxyl groups is 2. The Morgan fingerprint density at radius 1 is 0.600 bits per heavy atom. The van der Waals surface area contributed by atoms with E-state index in [4.69, 9.17) is 20.7 Å². The Bertz CT molecular complexity index is 34.7. The lowest BCUT2D eigenvalue weighted by atomic mass is 10.2. The fraction of sp³-hybridized carbons (Fsp3) is 1.00. The molecule has 0 atom stereocenters. The van der Waals surface area contributed by atoms with Crippen LogP contribution < -0.4 is 0 Å². The molecular formula is C6H16O4. The van der Waals surface area contributed by atoms with E-state index in [1.54, 1.807) is 0 Å². The van der Waals surface area contributed by atoms with Crippen molar-refractivity contribution in [3.63, 3.8) is 0 Å². The molecule has 4 N–H and O–H groups in total. The third-order valence-corrected chi connectivity index (χ3v) is 1.07. The zero-order valence-electron chi connectivity index (χ0n) is 6.03. The summed E-state index contributed by atoms with van der Waals surface area (Å²) in [5, 5.41) is 28.6. The molecule has 64 valence electrons. The van der Waals surface area contributed by atoms with E-state index in [1.165, 1.54) is 0 Å². The molecular weight excluding hydrogens is 136 g/mol. The van der Waals surface area contributed by atoms with Gasteiger partial charge in [-0.15, -0.1) is 0 Å². The number of hydrogen-bond donors (Lipinski definition) is 4. The molecule has 0 spiro atoms. The van der Waals surface area contributed by atoms with Crippen LogP contribution in [0.15, 0.2) is 0 Å². The van der Waals surface area contributed by atoms with Gasteiger partial charge in [0.2, 0.25) is 0 Å². The van der Waals surface area contributed by atoms with Gasteiger partial charge in [-0.05, 0) is 12.8 Å². The molecule has 4 nitrogen and oxygen atoms in total. The average molecular weight is 152 g/mol. The molecule has 0 aromatic heterocycles. The van der Waals surface area contributed by atoms with Crippen LogP contribution in [-0.2, 0) is 0 Å². The standard InChI is InChI=1S/C6H14O2.H2O2/c7-5-3-1-2-4-6-8;1-2/h7-8H,1-6H2;1-2H. The number of hydrogen-bond acceptors (Lipinski definition) is 4. The van der Waals surface area contributed by atoms with E-state index in [0.29, 0.717) is 0 Å². The van der Waals surface area contributed by atoms with Gasteiger partial charge < -0.3 is 10.2 Å². The Morgan fingerprint density at radius 3 is 1.10 bits per heavy atom. The topological polar surface area (TPSA) is 80.9 Å². The Balaban J connectivity index is 0. The summed E-state index contributed by atoms with van der Waals surface area (Å²) in [4.78, 5) is 0. The lowest BCUT2D eigenvalue weighted by molar-refractivity contribution is -0.176. The Hall–Kier alpha value is -0.160. The van der Waals surface area contributed by atoms with Crippen LogP contribution in [0.3, 0.4) is 0 Å². The summed E-state index contributed by atoms with van der Waals surface area (Å²) >= 11 is 0. The molecule has 0 aliphatic heterocycles. The highest BCUT2D eigenvalue weighted by Crippen LogP contribution is 1.96. The lowest BCUT2D eigenvalue weighted by Gasteiger charge is -1.93. The molecule has 0 aromatic rings. The molecule has 0 heterocycles. The first kappa shape index (κ1) is 12.5. The summed E-state index contributed by atoms with van der Waals surface area (Å²) in [6.45, 7) is 0.566. The second-order valence-corrected chi connectivity index (χ2v) is 1.86. The first-order valence-electron chi connectivity index (χ1n) is 3.33. The molecule has 0 rings (SSSR count). The summed E-state index contributed by atoms with van der Waals surface area (Å²) in [7, 11) is 0. The molecule has 0 radical (unpaired) electrons. The van der Waals surface area contributed by atoms with Crippen LogP contribution >= 0.6 is 0 Å². The van der Waals surface area contributed by atoms with Crippen molar-refractivity contribution in [2.45, 2.75) is 25.7 Å². The van der Waals surface area contributed by atoms with E-state index in [1.807, 2.05) is 0 Å². The van der Waals surface area contributed by atoms with Crippen molar-refractivity contribution in [2.75, 3.05) is 13.2 Å². The predicted molar refractivity (Wildman–Crippen MR) is 37.9 cm³/mol. The minimum atomic E-state index is 0.283. The minimum Gasteiger partial charge on any atom is -0.396 e. The third-order valence-electron chi connectivity index (χ3n) is 1.07. The number of unbranched alkanes of at least 4 members (excludes halogenated alkanes) is 3. The molecule has 0 unspecified atom stereocenters. The Labute approximate surface area is 60.7 Å². The zero-order chi connectivity index (χ0) is 8.24. The Kier molecular flexibility index (Phi) is 19.9. The lowest BCUT2D eigenvalue weighted by Crippen LogP contribution is -1.85. The molecule has 0 saturated carbocycles. The van der Waals surface area contributed by atoms with Crippen LogP contribution in [0.1, 0.15) is 25.7 Å². The van der Waals surface area contributed by atoms with Crippen molar-refractivity contribution < 1.29 is 20.7 Å². The summed E-state index contributed by atoms with van der Waals surface area (Å²) in [6, 6.07) is 0. The zero-order valence-corrected chi connectivity index (χ0v) is 6.03. The molecule has 0 aliphatic carbocycles. The Morgan fingerprint density at radius 2 is 0.900 bits per heavy atom. The summed E-state index contributed by atoms with van der Waals surface area (Å²) < 4.78 is 0. The molecule has 0 aliphatic rings. The van der Waals surface area contributed by atoms with E-state index in [-0.39, 0.29) is 13.2 Å². The van der Waals surface area contributed by atoms with E-state index < -0.39 is 0 Å². The second-order valence-electron chi connectivity index (χ2n) is 1.86. The maximum absolute atomic E-state index is 8.30. The van der Waals surface area contributed by atoms with Crippen molar-refractivity contribution >= 4 is 0 Å². The highest BCUT2D eigenvalue weighted by Gasteiger charge is 1.84. The average Bonchev–Trinajstić information content (AvgIpc) is 2.02. The highest BCUT2D eigenvalue weighted by atomic mass is 17.0. The van der Waals surface area contributed by atoms with E-state index >= 15 is 0 Å². The van der Waals surface area contributed by atoms with E-state index in [9.17, 15) is 0 Å². The normalized spacial score (nSPS) is 8.40. The van der Waals surface area contributed by atoms with Gasteiger partial charge in [-0.2, -0.15) is 0 Å². The van der Waals surface area contributed by atoms with Gasteiger partial charge in [-0.3, -0.25) is 10.5 Å². The van der Waals surface area contributed by atoms with Crippen LogP contribution in [-0.4, -0.2) is 33.9 Å². The van der Waals surface area contributed by atoms with Crippen LogP contribution in [0, 0.1) is 0 Å². The maximum atomic E-state index is 8.30. The van der Waals surface area contributed by atoms with Crippen LogP contribution in [0.2, 0.25) is 0 Å². The highest BCUT2D eigenvalue weighted by molar-refractivity contribution is 4.39. The van der Waals surface area contributed by atoms with Gasteiger partial charge in [0.05, 0.1) is 0 Å². The van der Waals surface area contributed by atoms with Gasteiger partial charge in [0.15, 0.2) is 0 Å². The van der Waals surface area contributed by atoms with Crippen molar-refractivity contribution in [3.05, 3.63) is 0 Å². The fourth-order valence-corrected chi connectivity index (χ4v) is 0.577. The molecule has 0 saturated heterocycles. The summed E-state index contributed by atoms with van der Waals surface area (Å²) in [5.74, 6) is 0. The molecule has 0 amide bonds. The molecule has 0 aromatic carbocycles. The van der Waals surface area contributed by atoms with Crippen LogP contribution in [0.25, 0.3) is 0 Å². The van der Waals surface area contributed by atoms with E-state index in [2.05, 4.69) is 0 Å². The second kappa shape index (κ2) is 15.9. The quantitative estimate of drug-likeness (QED) is 0.263. The largest absolute Gasteiger partial charge is 0.396 e. The number of rotatable bonds is 5. The van der Waals surface area contributed by atoms with Gasteiger partial charge in [0, 0.05) is 13.2 Å². The third kappa shape index (κ3) is 15.7. The van der Waals surface area contributed by atoms with Gasteiger partial charge >= 0.3 is 0 Å². The summed E-state index contributed by atoms with van der Waals surface area (Å²) in [6.07, 6.45) is 3.83. The van der Waals surface area contributed by atoms with Crippen LogP contribution in [0.5, 0.6) is 0 Å². The predicted octanol–water partition coefficient (Wildman–Crippen LogP) is 0.549. The minimum absolute atomic E-state index is 0.283. The van der Waals surface area contributed by atoms with Crippen molar-refractivity contribution in [3.8, 4) is 0 Å². The van der Waals surface area contributed by atoms with Gasteiger partial charge in [-0.25, -0.2) is 0 Å². The smallest absolute Gasteiger partial charge is 0.0431 e. The molecule has 10 heavy (non-hydrogen) atoms. The van der Waals surface area contributed by atoms with Crippen LogP contribution in [0.4, 0.5) is 0 Å². The first-order valence-corrected chi connectivity index (χ1v) is 3.33. The van der Waals surface area contributed by atoms with Crippen molar-refractivity contribution in [2.24, 2.45) is 0 Å². The molecule has 0 fully saturated rings. The number of aliphatic hydroxyl groups excluding tert-OH is 2. The monoisotopic (exact) mass is 152 g/mol. The van der Waals surface area contributed by atoms with Gasteiger partial charge in [0.1, 0.15) is 0 Å².